The molecule has 136 valence electrons. The van der Waals surface area contributed by atoms with E-state index in [1.165, 1.54) is 12.4 Å². The molecule has 0 unspecified atom stereocenters. The van der Waals surface area contributed by atoms with Crippen molar-refractivity contribution in [3.8, 4) is 0 Å². The van der Waals surface area contributed by atoms with Crippen LogP contribution >= 0.6 is 0 Å². The van der Waals surface area contributed by atoms with Gasteiger partial charge in [-0.2, -0.15) is 4.68 Å². The fourth-order valence-electron chi connectivity index (χ4n) is 2.01. The number of hydrogen-bond donors (Lipinski definition) is 1. The quantitative estimate of drug-likeness (QED) is 0.695. The topological polar surface area (TPSA) is 116 Å². The molecule has 0 aliphatic carbocycles. The van der Waals surface area contributed by atoms with Crippen LogP contribution in [0.2, 0.25) is 0 Å². The number of nitrogens with zero attached hydrogens (tertiary/aromatic N) is 6. The Kier molecular flexibility index (Phi) is 4.62. The highest BCUT2D eigenvalue weighted by molar-refractivity contribution is 6.06. The second-order valence-electron chi connectivity index (χ2n) is 4.87. The lowest BCUT2D eigenvalue weighted by molar-refractivity contribution is -0.325. The standard InChI is InChI=1S/C13H10F3N7O3/c14-13(15,16)26-5-4-23-12(25)22-7-18-9(10(22)20-21-23)11(24)19-8-2-1-3-17-6-8/h1-3,6-7H,4-5H2,(H,19,24). The molecule has 0 saturated carbocycles. The zero-order valence-electron chi connectivity index (χ0n) is 12.8. The summed E-state index contributed by atoms with van der Waals surface area (Å²) in [5, 5.41) is 9.70. The van der Waals surface area contributed by atoms with Crippen molar-refractivity contribution in [1.29, 1.82) is 0 Å². The Hall–Kier alpha value is -3.35. The minimum Gasteiger partial charge on any atom is -0.319 e. The lowest BCUT2D eigenvalue weighted by atomic mass is 10.3. The molecule has 0 saturated heterocycles. The van der Waals surface area contributed by atoms with Crippen molar-refractivity contribution in [3.05, 3.63) is 47.0 Å². The van der Waals surface area contributed by atoms with Crippen LogP contribution in [-0.2, 0) is 11.3 Å². The number of aromatic nitrogens is 6. The van der Waals surface area contributed by atoms with E-state index in [-0.39, 0.29) is 11.3 Å². The summed E-state index contributed by atoms with van der Waals surface area (Å²) in [5.41, 5.74) is -0.709. The number of nitrogens with one attached hydrogen (secondary N) is 1. The van der Waals surface area contributed by atoms with Gasteiger partial charge in [-0.3, -0.25) is 14.5 Å². The van der Waals surface area contributed by atoms with Gasteiger partial charge in [0.1, 0.15) is 6.33 Å². The molecule has 0 aromatic carbocycles. The van der Waals surface area contributed by atoms with E-state index in [0.717, 1.165) is 10.7 Å². The third-order valence-corrected chi connectivity index (χ3v) is 3.12. The van der Waals surface area contributed by atoms with Crippen LogP contribution in [0.25, 0.3) is 5.65 Å². The van der Waals surface area contributed by atoms with Crippen molar-refractivity contribution in [3.63, 3.8) is 0 Å². The molecule has 3 aromatic heterocycles. The van der Waals surface area contributed by atoms with Crippen LogP contribution in [0.1, 0.15) is 10.5 Å². The zero-order chi connectivity index (χ0) is 18.7. The largest absolute Gasteiger partial charge is 0.522 e. The maximum absolute atomic E-state index is 12.2. The van der Waals surface area contributed by atoms with E-state index in [0.29, 0.717) is 10.4 Å². The van der Waals surface area contributed by atoms with Crippen LogP contribution in [0.15, 0.2) is 35.6 Å². The fraction of sp³-hybridized carbons (Fsp3) is 0.231. The van der Waals surface area contributed by atoms with E-state index in [9.17, 15) is 22.8 Å². The van der Waals surface area contributed by atoms with Gasteiger partial charge in [0.15, 0.2) is 11.3 Å². The molecule has 0 atom stereocenters. The van der Waals surface area contributed by atoms with Crippen LogP contribution in [0.3, 0.4) is 0 Å². The van der Waals surface area contributed by atoms with Crippen LogP contribution in [-0.4, -0.2) is 48.2 Å². The van der Waals surface area contributed by atoms with E-state index in [1.54, 1.807) is 12.1 Å². The third kappa shape index (κ3) is 3.83. The monoisotopic (exact) mass is 369 g/mol. The smallest absolute Gasteiger partial charge is 0.319 e. The highest BCUT2D eigenvalue weighted by Gasteiger charge is 2.29. The summed E-state index contributed by atoms with van der Waals surface area (Å²) in [6.45, 7) is -1.29. The van der Waals surface area contributed by atoms with Gasteiger partial charge in [-0.05, 0) is 12.1 Å². The molecular formula is C13H10F3N7O3. The number of amides is 1. The normalized spacial score (nSPS) is 11.7. The van der Waals surface area contributed by atoms with Gasteiger partial charge in [-0.1, -0.05) is 5.21 Å². The number of halogens is 3. The molecule has 0 radical (unpaired) electrons. The van der Waals surface area contributed by atoms with E-state index in [1.807, 2.05) is 0 Å². The van der Waals surface area contributed by atoms with Crippen molar-refractivity contribution in [1.82, 2.24) is 29.4 Å². The van der Waals surface area contributed by atoms with E-state index in [2.05, 4.69) is 30.3 Å². The number of anilines is 1. The minimum atomic E-state index is -4.81. The van der Waals surface area contributed by atoms with E-state index >= 15 is 0 Å². The van der Waals surface area contributed by atoms with E-state index < -0.39 is 31.1 Å². The predicted molar refractivity (Wildman–Crippen MR) is 79.2 cm³/mol. The van der Waals surface area contributed by atoms with Crippen molar-refractivity contribution in [2.45, 2.75) is 12.9 Å². The summed E-state index contributed by atoms with van der Waals surface area (Å²) in [5.74, 6) is -0.646. The van der Waals surface area contributed by atoms with Gasteiger partial charge in [-0.15, -0.1) is 18.3 Å². The van der Waals surface area contributed by atoms with Gasteiger partial charge < -0.3 is 5.32 Å². The average molecular weight is 369 g/mol. The SMILES string of the molecule is O=C(Nc1cccnc1)c1ncn2c(=O)n(CCOC(F)(F)F)nnc12. The molecule has 13 heteroatoms. The van der Waals surface area contributed by atoms with Crippen molar-refractivity contribution in [2.75, 3.05) is 11.9 Å². The summed E-state index contributed by atoms with van der Waals surface area (Å²) < 4.78 is 41.1. The van der Waals surface area contributed by atoms with Crippen molar-refractivity contribution >= 4 is 17.2 Å². The van der Waals surface area contributed by atoms with Crippen LogP contribution in [0.4, 0.5) is 18.9 Å². The van der Waals surface area contributed by atoms with Crippen LogP contribution in [0.5, 0.6) is 0 Å². The molecule has 0 bridgehead atoms. The number of carbonyl (C=O) groups excluding carboxylic acids is 1. The molecule has 3 heterocycles. The number of hydrogen-bond acceptors (Lipinski definition) is 7. The Morgan fingerprint density at radius 2 is 2.15 bits per heavy atom. The number of fused-ring (bicyclic) bond motifs is 1. The molecule has 3 rings (SSSR count). The molecule has 1 N–H and O–H groups in total. The lowest BCUT2D eigenvalue weighted by Gasteiger charge is -2.07. The van der Waals surface area contributed by atoms with Crippen molar-refractivity contribution < 1.29 is 22.7 Å². The van der Waals surface area contributed by atoms with Gasteiger partial charge in [0.2, 0.25) is 0 Å². The maximum Gasteiger partial charge on any atom is 0.522 e. The Labute approximate surface area is 142 Å². The third-order valence-electron chi connectivity index (χ3n) is 3.12. The molecule has 0 fully saturated rings. The van der Waals surface area contributed by atoms with Crippen LogP contribution in [0, 0.1) is 0 Å². The second-order valence-corrected chi connectivity index (χ2v) is 4.87. The molecule has 0 aliphatic rings. The Balaban J connectivity index is 1.81. The summed E-state index contributed by atoms with van der Waals surface area (Å²) in [4.78, 5) is 32.1. The van der Waals surface area contributed by atoms with Gasteiger partial charge in [-0.25, -0.2) is 14.2 Å². The first-order valence-corrected chi connectivity index (χ1v) is 7.08. The maximum atomic E-state index is 12.2. The number of carbonyl (C=O) groups is 1. The first-order valence-electron chi connectivity index (χ1n) is 7.08. The summed E-state index contributed by atoms with van der Waals surface area (Å²) in [7, 11) is 0. The molecular weight excluding hydrogens is 359 g/mol. The minimum absolute atomic E-state index is 0.135. The molecule has 3 aromatic rings. The lowest BCUT2D eigenvalue weighted by Crippen LogP contribution is -2.32. The summed E-state index contributed by atoms with van der Waals surface area (Å²) in [6, 6.07) is 3.21. The highest BCUT2D eigenvalue weighted by atomic mass is 19.4. The molecule has 0 spiro atoms. The van der Waals surface area contributed by atoms with Crippen LogP contribution < -0.4 is 11.0 Å². The number of rotatable bonds is 5. The van der Waals surface area contributed by atoms with Crippen molar-refractivity contribution in [2.24, 2.45) is 0 Å². The summed E-state index contributed by atoms with van der Waals surface area (Å²) >= 11 is 0. The second kappa shape index (κ2) is 6.87. The van der Waals surface area contributed by atoms with E-state index in [4.69, 9.17) is 0 Å². The highest BCUT2D eigenvalue weighted by Crippen LogP contribution is 2.15. The Morgan fingerprint density at radius 3 is 2.85 bits per heavy atom. The molecule has 1 amide bonds. The van der Waals surface area contributed by atoms with Gasteiger partial charge in [0.25, 0.3) is 5.91 Å². The molecule has 26 heavy (non-hydrogen) atoms. The number of pyridine rings is 1. The Bertz CT molecular complexity index is 984. The van der Waals surface area contributed by atoms with Gasteiger partial charge >= 0.3 is 12.1 Å². The number of ether oxygens (including phenoxy) is 1. The fourth-order valence-corrected chi connectivity index (χ4v) is 2.01. The number of alkyl halides is 3. The number of imidazole rings is 1. The average Bonchev–Trinajstić information content (AvgIpc) is 3.02. The van der Waals surface area contributed by atoms with Gasteiger partial charge in [0, 0.05) is 6.20 Å². The predicted octanol–water partition coefficient (Wildman–Crippen LogP) is 0.470. The van der Waals surface area contributed by atoms with Gasteiger partial charge in [0.05, 0.1) is 25.0 Å². The first kappa shape index (κ1) is 17.5. The molecule has 10 nitrogen and oxygen atoms in total. The Morgan fingerprint density at radius 1 is 1.35 bits per heavy atom. The zero-order valence-corrected chi connectivity index (χ0v) is 12.8. The first-order chi connectivity index (χ1) is 12.3. The summed E-state index contributed by atoms with van der Waals surface area (Å²) in [6.07, 6.45) is -0.840. The molecule has 0 aliphatic heterocycles.